The molecule has 0 aliphatic rings. The van der Waals surface area contributed by atoms with Crippen LogP contribution < -0.4 is 10.1 Å². The quantitative estimate of drug-likeness (QED) is 0.936. The van der Waals surface area contributed by atoms with Gasteiger partial charge in [0.15, 0.2) is 6.61 Å². The monoisotopic (exact) mass is 320 g/mol. The van der Waals surface area contributed by atoms with Crippen molar-refractivity contribution in [2.45, 2.75) is 6.18 Å². The molecule has 7 heteroatoms. The minimum atomic E-state index is -4.47. The summed E-state index contributed by atoms with van der Waals surface area (Å²) in [6.45, 7) is -0.429. The van der Waals surface area contributed by atoms with Crippen LogP contribution in [0, 0.1) is 11.3 Å². The zero-order chi connectivity index (χ0) is 16.9. The van der Waals surface area contributed by atoms with Crippen LogP contribution >= 0.6 is 0 Å². The second kappa shape index (κ2) is 6.83. The van der Waals surface area contributed by atoms with Gasteiger partial charge in [-0.05, 0) is 42.5 Å². The molecule has 0 bridgehead atoms. The van der Waals surface area contributed by atoms with Crippen LogP contribution in [0.25, 0.3) is 0 Å². The van der Waals surface area contributed by atoms with Gasteiger partial charge in [-0.25, -0.2) is 0 Å². The lowest BCUT2D eigenvalue weighted by Gasteiger charge is -2.10. The molecule has 0 heterocycles. The first-order chi connectivity index (χ1) is 10.9. The van der Waals surface area contributed by atoms with Gasteiger partial charge in [0.25, 0.3) is 5.91 Å². The van der Waals surface area contributed by atoms with Crippen molar-refractivity contribution in [3.8, 4) is 11.8 Å². The molecule has 0 saturated carbocycles. The van der Waals surface area contributed by atoms with Crippen molar-refractivity contribution < 1.29 is 22.7 Å². The number of anilines is 1. The van der Waals surface area contributed by atoms with Gasteiger partial charge in [0, 0.05) is 5.69 Å². The third-order valence-electron chi connectivity index (χ3n) is 2.83. The molecule has 0 atom stereocenters. The number of ether oxygens (including phenoxy) is 1. The number of halogens is 3. The lowest BCUT2D eigenvalue weighted by Crippen LogP contribution is -2.20. The van der Waals surface area contributed by atoms with Crippen molar-refractivity contribution >= 4 is 11.6 Å². The Hall–Kier alpha value is -3.01. The van der Waals surface area contributed by atoms with Crippen LogP contribution in [0.2, 0.25) is 0 Å². The van der Waals surface area contributed by atoms with E-state index in [1.54, 1.807) is 12.1 Å². The number of hydrogen-bond donors (Lipinski definition) is 1. The van der Waals surface area contributed by atoms with Gasteiger partial charge < -0.3 is 10.1 Å². The van der Waals surface area contributed by atoms with Crippen LogP contribution in [0.15, 0.2) is 48.5 Å². The first-order valence-electron chi connectivity index (χ1n) is 6.48. The molecule has 0 radical (unpaired) electrons. The Labute approximate surface area is 130 Å². The highest BCUT2D eigenvalue weighted by molar-refractivity contribution is 5.91. The lowest BCUT2D eigenvalue weighted by atomic mass is 10.2. The standard InChI is InChI=1S/C16H11F3N2O2/c17-16(18,19)12-2-1-3-14(8-12)23-10-15(22)21-13-6-4-11(9-20)5-7-13/h1-8H,10H2,(H,21,22). The number of nitriles is 1. The van der Waals surface area contributed by atoms with Crippen molar-refractivity contribution in [2.75, 3.05) is 11.9 Å². The van der Waals surface area contributed by atoms with E-state index in [2.05, 4.69) is 5.32 Å². The fourth-order valence-corrected chi connectivity index (χ4v) is 1.74. The summed E-state index contributed by atoms with van der Waals surface area (Å²) >= 11 is 0. The third kappa shape index (κ3) is 4.74. The Kier molecular flexibility index (Phi) is 4.86. The number of nitrogens with one attached hydrogen (secondary N) is 1. The smallest absolute Gasteiger partial charge is 0.416 e. The molecule has 23 heavy (non-hydrogen) atoms. The van der Waals surface area contributed by atoms with Gasteiger partial charge in [0.1, 0.15) is 5.75 Å². The number of hydrogen-bond acceptors (Lipinski definition) is 3. The predicted molar refractivity (Wildman–Crippen MR) is 76.7 cm³/mol. The lowest BCUT2D eigenvalue weighted by molar-refractivity contribution is -0.137. The van der Waals surface area contributed by atoms with Crippen molar-refractivity contribution in [3.63, 3.8) is 0 Å². The summed E-state index contributed by atoms with van der Waals surface area (Å²) in [4.78, 5) is 11.7. The molecule has 0 fully saturated rings. The maximum Gasteiger partial charge on any atom is 0.416 e. The summed E-state index contributed by atoms with van der Waals surface area (Å²) < 4.78 is 42.7. The number of carbonyl (C=O) groups is 1. The number of alkyl halides is 3. The van der Waals surface area contributed by atoms with Gasteiger partial charge in [0.05, 0.1) is 17.2 Å². The second-order valence-electron chi connectivity index (χ2n) is 4.55. The van der Waals surface area contributed by atoms with Crippen molar-refractivity contribution in [3.05, 3.63) is 59.7 Å². The molecule has 2 aromatic carbocycles. The Morgan fingerprint density at radius 1 is 1.17 bits per heavy atom. The summed E-state index contributed by atoms with van der Waals surface area (Å²) in [5, 5.41) is 11.2. The molecule has 2 rings (SSSR count). The second-order valence-corrected chi connectivity index (χ2v) is 4.55. The summed E-state index contributed by atoms with van der Waals surface area (Å²) in [6.07, 6.45) is -4.47. The highest BCUT2D eigenvalue weighted by Gasteiger charge is 2.30. The van der Waals surface area contributed by atoms with Crippen LogP contribution in [0.4, 0.5) is 18.9 Å². The van der Waals surface area contributed by atoms with E-state index < -0.39 is 24.3 Å². The summed E-state index contributed by atoms with van der Waals surface area (Å²) in [6, 6.07) is 12.4. The number of rotatable bonds is 4. The first kappa shape index (κ1) is 16.4. The fraction of sp³-hybridized carbons (Fsp3) is 0.125. The van der Waals surface area contributed by atoms with E-state index in [1.807, 2.05) is 6.07 Å². The van der Waals surface area contributed by atoms with Gasteiger partial charge in [-0.15, -0.1) is 0 Å². The van der Waals surface area contributed by atoms with Crippen LogP contribution in [-0.2, 0) is 11.0 Å². The highest BCUT2D eigenvalue weighted by Crippen LogP contribution is 2.31. The van der Waals surface area contributed by atoms with E-state index in [-0.39, 0.29) is 5.75 Å². The Bertz CT molecular complexity index is 734. The minimum absolute atomic E-state index is 0.0465. The molecule has 1 N–H and O–H groups in total. The van der Waals surface area contributed by atoms with E-state index in [1.165, 1.54) is 24.3 Å². The number of benzene rings is 2. The Balaban J connectivity index is 1.93. The predicted octanol–water partition coefficient (Wildman–Crippen LogP) is 3.59. The number of amides is 1. The van der Waals surface area contributed by atoms with Gasteiger partial charge in [-0.2, -0.15) is 18.4 Å². The maximum atomic E-state index is 12.6. The molecule has 2 aromatic rings. The summed E-state index contributed by atoms with van der Waals surface area (Å²) in [5.74, 6) is -0.568. The SMILES string of the molecule is N#Cc1ccc(NC(=O)COc2cccc(C(F)(F)F)c2)cc1. The van der Waals surface area contributed by atoms with E-state index in [9.17, 15) is 18.0 Å². The van der Waals surface area contributed by atoms with Crippen LogP contribution in [-0.4, -0.2) is 12.5 Å². The minimum Gasteiger partial charge on any atom is -0.484 e. The molecule has 0 aliphatic carbocycles. The molecule has 0 aromatic heterocycles. The highest BCUT2D eigenvalue weighted by atomic mass is 19.4. The molecule has 0 unspecified atom stereocenters. The van der Waals surface area contributed by atoms with E-state index >= 15 is 0 Å². The molecule has 4 nitrogen and oxygen atoms in total. The summed E-state index contributed by atoms with van der Waals surface area (Å²) in [7, 11) is 0. The molecule has 118 valence electrons. The average molecular weight is 320 g/mol. The van der Waals surface area contributed by atoms with Crippen LogP contribution in [0.3, 0.4) is 0 Å². The van der Waals surface area contributed by atoms with Gasteiger partial charge in [-0.1, -0.05) is 6.07 Å². The average Bonchev–Trinajstić information content (AvgIpc) is 2.53. The van der Waals surface area contributed by atoms with Crippen LogP contribution in [0.5, 0.6) is 5.75 Å². The Morgan fingerprint density at radius 3 is 2.48 bits per heavy atom. The van der Waals surface area contributed by atoms with E-state index in [0.717, 1.165) is 12.1 Å². The largest absolute Gasteiger partial charge is 0.484 e. The molecule has 0 saturated heterocycles. The van der Waals surface area contributed by atoms with Gasteiger partial charge in [0.2, 0.25) is 0 Å². The number of carbonyl (C=O) groups excluding carboxylic acids is 1. The number of nitrogens with zero attached hydrogens (tertiary/aromatic N) is 1. The zero-order valence-corrected chi connectivity index (χ0v) is 11.7. The molecular formula is C16H11F3N2O2. The maximum absolute atomic E-state index is 12.6. The molecule has 1 amide bonds. The van der Waals surface area contributed by atoms with Crippen molar-refractivity contribution in [2.24, 2.45) is 0 Å². The normalized spacial score (nSPS) is 10.7. The molecular weight excluding hydrogens is 309 g/mol. The molecule has 0 aliphatic heterocycles. The fourth-order valence-electron chi connectivity index (χ4n) is 1.74. The molecule has 0 spiro atoms. The third-order valence-corrected chi connectivity index (χ3v) is 2.83. The van der Waals surface area contributed by atoms with Gasteiger partial charge in [-0.3, -0.25) is 4.79 Å². The van der Waals surface area contributed by atoms with Crippen molar-refractivity contribution in [1.29, 1.82) is 5.26 Å². The van der Waals surface area contributed by atoms with Crippen molar-refractivity contribution in [1.82, 2.24) is 0 Å². The zero-order valence-electron chi connectivity index (χ0n) is 11.7. The van der Waals surface area contributed by atoms with Crippen LogP contribution in [0.1, 0.15) is 11.1 Å². The van der Waals surface area contributed by atoms with E-state index in [4.69, 9.17) is 10.00 Å². The van der Waals surface area contributed by atoms with Gasteiger partial charge >= 0.3 is 6.18 Å². The Morgan fingerprint density at radius 2 is 1.87 bits per heavy atom. The topological polar surface area (TPSA) is 62.1 Å². The van der Waals surface area contributed by atoms with E-state index in [0.29, 0.717) is 11.3 Å². The summed E-state index contributed by atoms with van der Waals surface area (Å²) in [5.41, 5.74) is 0.0624. The first-order valence-corrected chi connectivity index (χ1v) is 6.48.